The van der Waals surface area contributed by atoms with Gasteiger partial charge in [0, 0.05) is 12.0 Å². The van der Waals surface area contributed by atoms with Crippen molar-refractivity contribution in [2.45, 2.75) is 84.1 Å². The van der Waals surface area contributed by atoms with Gasteiger partial charge in [0.2, 0.25) is 5.91 Å². The van der Waals surface area contributed by atoms with Gasteiger partial charge < -0.3 is 14.2 Å². The maximum absolute atomic E-state index is 12.4. The minimum absolute atomic E-state index is 0.0647. The topological polar surface area (TPSA) is 38.8 Å². The highest BCUT2D eigenvalue weighted by Crippen LogP contribution is 2.43. The molecule has 0 aliphatic carbocycles. The van der Waals surface area contributed by atoms with Gasteiger partial charge >= 0.3 is 7.12 Å². The second-order valence-electron chi connectivity index (χ2n) is 8.23. The Balaban J connectivity index is 1.79. The summed E-state index contributed by atoms with van der Waals surface area (Å²) in [6, 6.07) is 0.543. The first-order valence-electron chi connectivity index (χ1n) is 8.51. The summed E-state index contributed by atoms with van der Waals surface area (Å²) < 4.78 is 12.4. The van der Waals surface area contributed by atoms with Gasteiger partial charge in [-0.15, -0.1) is 0 Å². The number of fused-ring (bicyclic) bond motifs is 2. The molecular weight excluding hydrogens is 277 g/mol. The fourth-order valence-corrected chi connectivity index (χ4v) is 3.67. The molecule has 0 aromatic carbocycles. The van der Waals surface area contributed by atoms with Gasteiger partial charge in [-0.2, -0.15) is 0 Å². The molecule has 3 heterocycles. The Kier molecular flexibility index (Phi) is 3.72. The number of hydrogen-bond acceptors (Lipinski definition) is 3. The quantitative estimate of drug-likeness (QED) is 0.736. The second kappa shape index (κ2) is 5.10. The molecule has 0 N–H and O–H groups in total. The van der Waals surface area contributed by atoms with Crippen molar-refractivity contribution in [2.75, 3.05) is 0 Å². The van der Waals surface area contributed by atoms with Gasteiger partial charge in [-0.3, -0.25) is 4.79 Å². The molecule has 2 fully saturated rings. The van der Waals surface area contributed by atoms with Crippen LogP contribution in [-0.4, -0.2) is 41.2 Å². The molecule has 0 aromatic heterocycles. The van der Waals surface area contributed by atoms with Gasteiger partial charge in [0.15, 0.2) is 0 Å². The summed E-state index contributed by atoms with van der Waals surface area (Å²) in [6.07, 6.45) is 5.26. The fourth-order valence-electron chi connectivity index (χ4n) is 3.67. The Morgan fingerprint density at radius 1 is 1.23 bits per heavy atom. The fraction of sp³-hybridized carbons (Fsp3) is 0.824. The van der Waals surface area contributed by atoms with Crippen LogP contribution in [0.3, 0.4) is 0 Å². The molecule has 2 saturated heterocycles. The van der Waals surface area contributed by atoms with Crippen LogP contribution in [0.4, 0.5) is 0 Å². The van der Waals surface area contributed by atoms with E-state index < -0.39 is 0 Å². The summed E-state index contributed by atoms with van der Waals surface area (Å²) >= 11 is 0. The van der Waals surface area contributed by atoms with Gasteiger partial charge in [0.05, 0.1) is 17.2 Å². The lowest BCUT2D eigenvalue weighted by Gasteiger charge is -2.35. The third-order valence-corrected chi connectivity index (χ3v) is 5.73. The molecule has 1 amide bonds. The zero-order valence-corrected chi connectivity index (χ0v) is 14.7. The molecule has 0 spiro atoms. The van der Waals surface area contributed by atoms with Crippen LogP contribution in [0, 0.1) is 5.92 Å². The third-order valence-electron chi connectivity index (χ3n) is 5.73. The summed E-state index contributed by atoms with van der Waals surface area (Å²) in [7, 11) is -0.260. The van der Waals surface area contributed by atoms with Crippen LogP contribution >= 0.6 is 0 Å². The summed E-state index contributed by atoms with van der Waals surface area (Å²) in [4.78, 5) is 14.5. The molecule has 5 heteroatoms. The zero-order chi connectivity index (χ0) is 16.3. The second-order valence-corrected chi connectivity index (χ2v) is 8.23. The van der Waals surface area contributed by atoms with Crippen molar-refractivity contribution in [2.24, 2.45) is 5.92 Å². The smallest absolute Gasteiger partial charge is 0.400 e. The average Bonchev–Trinajstić information content (AvgIpc) is 2.78. The third kappa shape index (κ3) is 2.42. The largest absolute Gasteiger partial charge is 0.490 e. The SMILES string of the molecule is CC(C)C(=O)N1C2C=C(B3OC(C)(C)C(C)(C)O3)CC1CC2. The van der Waals surface area contributed by atoms with Crippen LogP contribution in [0.5, 0.6) is 0 Å². The van der Waals surface area contributed by atoms with Crippen LogP contribution in [0.2, 0.25) is 0 Å². The van der Waals surface area contributed by atoms with E-state index in [0.29, 0.717) is 6.04 Å². The Labute approximate surface area is 134 Å². The normalized spacial score (nSPS) is 32.6. The number of amides is 1. The van der Waals surface area contributed by atoms with Gasteiger partial charge in [-0.25, -0.2) is 0 Å². The van der Waals surface area contributed by atoms with Gasteiger partial charge in [-0.05, 0) is 52.4 Å². The molecule has 0 saturated carbocycles. The predicted octanol–water partition coefficient (Wildman–Crippen LogP) is 2.96. The first-order chi connectivity index (χ1) is 10.1. The van der Waals surface area contributed by atoms with Crippen molar-refractivity contribution in [3.05, 3.63) is 11.5 Å². The van der Waals surface area contributed by atoms with E-state index in [9.17, 15) is 4.79 Å². The molecule has 122 valence electrons. The Bertz CT molecular complexity index is 496. The first kappa shape index (κ1) is 16.1. The van der Waals surface area contributed by atoms with E-state index in [2.05, 4.69) is 38.7 Å². The van der Waals surface area contributed by atoms with Gasteiger partial charge in [0.1, 0.15) is 0 Å². The predicted molar refractivity (Wildman–Crippen MR) is 87.3 cm³/mol. The molecule has 2 atom stereocenters. The molecule has 2 unspecified atom stereocenters. The molecule has 3 rings (SSSR count). The highest BCUT2D eigenvalue weighted by molar-refractivity contribution is 6.54. The monoisotopic (exact) mass is 305 g/mol. The number of rotatable bonds is 2. The summed E-state index contributed by atoms with van der Waals surface area (Å²) in [5.41, 5.74) is 0.615. The van der Waals surface area contributed by atoms with Crippen molar-refractivity contribution in [1.82, 2.24) is 4.90 Å². The average molecular weight is 305 g/mol. The lowest BCUT2D eigenvalue weighted by molar-refractivity contribution is -0.136. The lowest BCUT2D eigenvalue weighted by Crippen LogP contribution is -2.46. The Morgan fingerprint density at radius 3 is 2.32 bits per heavy atom. The summed E-state index contributed by atoms with van der Waals surface area (Å²) in [5, 5.41) is 0. The van der Waals surface area contributed by atoms with Crippen LogP contribution in [-0.2, 0) is 14.1 Å². The van der Waals surface area contributed by atoms with Crippen LogP contribution in [0.1, 0.15) is 60.8 Å². The molecule has 22 heavy (non-hydrogen) atoms. The molecule has 0 aromatic rings. The van der Waals surface area contributed by atoms with Crippen molar-refractivity contribution >= 4 is 13.0 Å². The van der Waals surface area contributed by atoms with Crippen molar-refractivity contribution in [3.8, 4) is 0 Å². The van der Waals surface area contributed by atoms with E-state index in [-0.39, 0.29) is 36.2 Å². The van der Waals surface area contributed by atoms with Gasteiger partial charge in [0.25, 0.3) is 0 Å². The summed E-state index contributed by atoms with van der Waals surface area (Å²) in [5.74, 6) is 0.339. The number of carbonyl (C=O) groups is 1. The first-order valence-corrected chi connectivity index (χ1v) is 8.51. The van der Waals surface area contributed by atoms with Crippen LogP contribution in [0.25, 0.3) is 0 Å². The summed E-state index contributed by atoms with van der Waals surface area (Å²) in [6.45, 7) is 12.3. The van der Waals surface area contributed by atoms with Crippen molar-refractivity contribution < 1.29 is 14.1 Å². The number of nitrogens with zero attached hydrogens (tertiary/aromatic N) is 1. The molecule has 3 aliphatic heterocycles. The maximum Gasteiger partial charge on any atom is 0.490 e. The minimum Gasteiger partial charge on any atom is -0.400 e. The van der Waals surface area contributed by atoms with Crippen molar-refractivity contribution in [1.29, 1.82) is 0 Å². The minimum atomic E-state index is -0.303. The van der Waals surface area contributed by atoms with E-state index in [1.807, 2.05) is 13.8 Å². The molecule has 3 aliphatic rings. The van der Waals surface area contributed by atoms with E-state index in [1.54, 1.807) is 0 Å². The Morgan fingerprint density at radius 2 is 1.82 bits per heavy atom. The number of hydrogen-bond donors (Lipinski definition) is 0. The van der Waals surface area contributed by atoms with E-state index in [4.69, 9.17) is 9.31 Å². The molecule has 0 radical (unpaired) electrons. The van der Waals surface area contributed by atoms with Crippen molar-refractivity contribution in [3.63, 3.8) is 0 Å². The Hall–Kier alpha value is -0.805. The van der Waals surface area contributed by atoms with E-state index in [1.165, 1.54) is 5.47 Å². The lowest BCUT2D eigenvalue weighted by atomic mass is 9.73. The van der Waals surface area contributed by atoms with Crippen LogP contribution in [0.15, 0.2) is 11.5 Å². The molecule has 4 nitrogen and oxygen atoms in total. The highest BCUT2D eigenvalue weighted by Gasteiger charge is 2.54. The van der Waals surface area contributed by atoms with E-state index >= 15 is 0 Å². The molecule has 2 bridgehead atoms. The van der Waals surface area contributed by atoms with Crippen LogP contribution < -0.4 is 0 Å². The zero-order valence-electron chi connectivity index (χ0n) is 14.7. The standard InChI is InChI=1S/C17H28BNO3/c1-11(2)15(20)19-13-7-8-14(19)10-12(9-13)18-21-16(3,4)17(5,6)22-18/h9,11,13-14H,7-8,10H2,1-6H3. The number of carbonyl (C=O) groups excluding carboxylic acids is 1. The molecular formula is C17H28BNO3. The van der Waals surface area contributed by atoms with Gasteiger partial charge in [-0.1, -0.05) is 19.9 Å². The maximum atomic E-state index is 12.4. The highest BCUT2D eigenvalue weighted by atomic mass is 16.7. The van der Waals surface area contributed by atoms with E-state index in [0.717, 1.165) is 19.3 Å².